The van der Waals surface area contributed by atoms with Crippen molar-refractivity contribution < 1.29 is 0 Å². The highest BCUT2D eigenvalue weighted by atomic mass is 15.3. The van der Waals surface area contributed by atoms with Gasteiger partial charge in [0.15, 0.2) is 0 Å². The Morgan fingerprint density at radius 2 is 0.633 bits per heavy atom. The molecule has 0 fully saturated rings. The van der Waals surface area contributed by atoms with Crippen molar-refractivity contribution in [3.63, 3.8) is 0 Å². The number of pyridine rings is 1. The first-order valence-corrected chi connectivity index (χ1v) is 27.2. The summed E-state index contributed by atoms with van der Waals surface area (Å²) in [5, 5.41) is 0. The first-order valence-electron chi connectivity index (χ1n) is 27.2. The molecule has 0 unspecified atom stereocenters. The van der Waals surface area contributed by atoms with Crippen LogP contribution in [-0.4, -0.2) is 18.4 Å². The van der Waals surface area contributed by atoms with Gasteiger partial charge >= 0.3 is 0 Å². The highest BCUT2D eigenvalue weighted by Gasteiger charge is 2.49. The van der Waals surface area contributed by atoms with Gasteiger partial charge in [0.25, 0.3) is 13.4 Å². The number of fused-ring (bicyclic) bond motifs is 8. The zero-order valence-corrected chi connectivity index (χ0v) is 43.1. The molecule has 4 aliphatic heterocycles. The Hall–Kier alpha value is -10.3. The fourth-order valence-electron chi connectivity index (χ4n) is 13.1. The molecule has 0 aliphatic carbocycles. The van der Waals surface area contributed by atoms with Crippen LogP contribution in [0.5, 0.6) is 0 Å². The van der Waals surface area contributed by atoms with E-state index in [1.165, 1.54) is 44.3 Å². The van der Waals surface area contributed by atoms with Gasteiger partial charge in [-0.25, -0.2) is 4.98 Å². The molecule has 16 rings (SSSR count). The Balaban J connectivity index is 1.03. The predicted molar refractivity (Wildman–Crippen MR) is 332 cm³/mol. The van der Waals surface area contributed by atoms with Crippen LogP contribution in [0.25, 0.3) is 11.1 Å². The van der Waals surface area contributed by atoms with Crippen LogP contribution in [0.15, 0.2) is 291 Å². The van der Waals surface area contributed by atoms with Crippen LogP contribution in [0.3, 0.4) is 0 Å². The Morgan fingerprint density at radius 1 is 0.266 bits per heavy atom. The maximum Gasteiger partial charge on any atom is 0.254 e. The van der Waals surface area contributed by atoms with E-state index in [4.69, 9.17) is 4.98 Å². The summed E-state index contributed by atoms with van der Waals surface area (Å²) < 4.78 is 0. The van der Waals surface area contributed by atoms with E-state index in [1.807, 2.05) is 0 Å². The molecule has 0 saturated carbocycles. The largest absolute Gasteiger partial charge is 0.311 e. The zero-order valence-electron chi connectivity index (χ0n) is 43.1. The van der Waals surface area contributed by atoms with Crippen molar-refractivity contribution in [2.45, 2.75) is 0 Å². The molecule has 0 N–H and O–H groups in total. The van der Waals surface area contributed by atoms with Gasteiger partial charge in [0.1, 0.15) is 11.6 Å². The van der Waals surface area contributed by atoms with Gasteiger partial charge in [0.2, 0.25) is 0 Å². The van der Waals surface area contributed by atoms with Crippen LogP contribution in [0.1, 0.15) is 0 Å². The summed E-state index contributed by atoms with van der Waals surface area (Å²) in [6, 6.07) is 106. The van der Waals surface area contributed by atoms with Gasteiger partial charge in [0, 0.05) is 80.0 Å². The molecule has 0 radical (unpaired) electrons. The summed E-state index contributed by atoms with van der Waals surface area (Å²) in [5.74, 6) is 1.70. The maximum absolute atomic E-state index is 6.01. The van der Waals surface area contributed by atoms with Crippen molar-refractivity contribution >= 4 is 132 Å². The average molecular weight is 1010 g/mol. The molecular weight excluding hydrogens is 958 g/mol. The smallest absolute Gasteiger partial charge is 0.254 e. The quantitative estimate of drug-likeness (QED) is 0.141. The molecule has 1 aromatic heterocycles. The SMILES string of the molecule is c1ccc(-c2cc3c4c(c2)N(c2ccccc2)c2cc5c(cc2B4c2ccccc2N3c2ccccc2)B2c3ccccc3N(c3ccccc3)c3cc(N(c4ccccc4)c4ccccc4)nc(c32)N5c2ccccc2)cc1. The van der Waals surface area contributed by atoms with Gasteiger partial charge < -0.3 is 14.7 Å². The second-order valence-corrected chi connectivity index (χ2v) is 20.7. The van der Waals surface area contributed by atoms with E-state index in [0.29, 0.717) is 0 Å². The lowest BCUT2D eigenvalue weighted by molar-refractivity contribution is 1.13. The number of nitrogens with zero attached hydrogens (tertiary/aromatic N) is 6. The monoisotopic (exact) mass is 1010 g/mol. The lowest BCUT2D eigenvalue weighted by Crippen LogP contribution is -2.65. The Morgan fingerprint density at radius 3 is 1.11 bits per heavy atom. The summed E-state index contributed by atoms with van der Waals surface area (Å²) >= 11 is 0. The fourth-order valence-corrected chi connectivity index (χ4v) is 13.1. The number of anilines is 15. The van der Waals surface area contributed by atoms with Crippen molar-refractivity contribution in [2.24, 2.45) is 0 Å². The molecule has 79 heavy (non-hydrogen) atoms. The van der Waals surface area contributed by atoms with E-state index >= 15 is 0 Å². The molecule has 11 aromatic carbocycles. The molecule has 0 bridgehead atoms. The van der Waals surface area contributed by atoms with Crippen LogP contribution < -0.4 is 57.3 Å². The molecule has 0 saturated heterocycles. The zero-order chi connectivity index (χ0) is 52.0. The highest BCUT2D eigenvalue weighted by Crippen LogP contribution is 2.50. The van der Waals surface area contributed by atoms with E-state index in [2.05, 4.69) is 316 Å². The van der Waals surface area contributed by atoms with E-state index in [-0.39, 0.29) is 13.4 Å². The lowest BCUT2D eigenvalue weighted by atomic mass is 9.30. The van der Waals surface area contributed by atoms with Gasteiger partial charge in [-0.1, -0.05) is 182 Å². The van der Waals surface area contributed by atoms with Crippen LogP contribution >= 0.6 is 0 Å². The van der Waals surface area contributed by atoms with Crippen LogP contribution in [-0.2, 0) is 0 Å². The minimum Gasteiger partial charge on any atom is -0.311 e. The second-order valence-electron chi connectivity index (χ2n) is 20.7. The van der Waals surface area contributed by atoms with Gasteiger partial charge in [0.05, 0.1) is 0 Å². The van der Waals surface area contributed by atoms with Crippen LogP contribution in [0.4, 0.5) is 85.6 Å². The number of rotatable bonds is 8. The normalized spacial score (nSPS) is 13.2. The summed E-state index contributed by atoms with van der Waals surface area (Å²) in [5.41, 5.74) is 24.1. The summed E-state index contributed by atoms with van der Waals surface area (Å²) in [7, 11) is 0. The number of para-hydroxylation sites is 8. The topological polar surface area (TPSA) is 29.1 Å². The predicted octanol–water partition coefficient (Wildman–Crippen LogP) is 14.4. The third-order valence-electron chi connectivity index (χ3n) is 16.3. The maximum atomic E-state index is 6.01. The Labute approximate surface area is 461 Å². The third-order valence-corrected chi connectivity index (χ3v) is 16.3. The van der Waals surface area contributed by atoms with Crippen molar-refractivity contribution in [3.05, 3.63) is 291 Å². The fraction of sp³-hybridized carbons (Fsp3) is 0. The first kappa shape index (κ1) is 44.9. The van der Waals surface area contributed by atoms with Gasteiger partial charge in [-0.2, -0.15) is 0 Å². The molecule has 0 atom stereocenters. The van der Waals surface area contributed by atoms with Crippen LogP contribution in [0.2, 0.25) is 0 Å². The number of hydrogen-bond donors (Lipinski definition) is 0. The molecule has 8 heteroatoms. The van der Waals surface area contributed by atoms with Crippen molar-refractivity contribution in [2.75, 3.05) is 24.5 Å². The van der Waals surface area contributed by atoms with E-state index in [9.17, 15) is 0 Å². The number of hydrogen-bond acceptors (Lipinski definition) is 6. The minimum atomic E-state index is -0.184. The highest BCUT2D eigenvalue weighted by molar-refractivity contribution is 7.03. The van der Waals surface area contributed by atoms with Gasteiger partial charge in [-0.3, -0.25) is 9.80 Å². The van der Waals surface area contributed by atoms with Crippen molar-refractivity contribution in [1.29, 1.82) is 0 Å². The van der Waals surface area contributed by atoms with Crippen LogP contribution in [0, 0.1) is 0 Å². The van der Waals surface area contributed by atoms with E-state index in [1.54, 1.807) is 0 Å². The number of aromatic nitrogens is 1. The standard InChI is InChI=1S/C71H48B2N6/c1-8-26-49(27-9-1)50-44-65-69-66(45-50)78(55-36-18-6-19-37-55)63-47-64-60(46-59(63)72(69)57-40-22-24-42-61(57)76(65)53-32-14-4-15-33-53)73-58-41-23-25-43-62(58)77(54-34-16-5-17-35-54)67-48-68(74-71(70(67)73)79(64)56-38-20-7-21-39-56)75(51-28-10-2-11-29-51)52-30-12-3-13-31-52/h1-48H. The molecule has 4 aliphatic rings. The Bertz CT molecular complexity index is 4250. The lowest BCUT2D eigenvalue weighted by Gasteiger charge is -2.47. The summed E-state index contributed by atoms with van der Waals surface area (Å²) in [6.07, 6.45) is 0. The molecule has 5 heterocycles. The molecule has 0 spiro atoms. The minimum absolute atomic E-state index is 0.109. The molecular formula is C71H48B2N6. The summed E-state index contributed by atoms with van der Waals surface area (Å²) in [4.78, 5) is 18.3. The third kappa shape index (κ3) is 7.04. The summed E-state index contributed by atoms with van der Waals surface area (Å²) in [6.45, 7) is -0.293. The molecule has 6 nitrogen and oxygen atoms in total. The molecule has 12 aromatic rings. The van der Waals surface area contributed by atoms with Gasteiger partial charge in [-0.15, -0.1) is 0 Å². The average Bonchev–Trinajstić information content (AvgIpc) is 2.83. The molecule has 0 amide bonds. The number of benzene rings is 11. The Kier molecular flexibility index (Phi) is 10.3. The van der Waals surface area contributed by atoms with E-state index < -0.39 is 0 Å². The second kappa shape index (κ2) is 18.2. The van der Waals surface area contributed by atoms with E-state index in [0.717, 1.165) is 85.2 Å². The van der Waals surface area contributed by atoms with Gasteiger partial charge in [-0.05, 0) is 147 Å². The van der Waals surface area contributed by atoms with Crippen molar-refractivity contribution in [3.8, 4) is 11.1 Å². The van der Waals surface area contributed by atoms with Crippen molar-refractivity contribution in [1.82, 2.24) is 4.98 Å². The molecule has 368 valence electrons. The first-order chi connectivity index (χ1) is 39.2.